The number of imidazole rings is 2. The van der Waals surface area contributed by atoms with Gasteiger partial charge in [0, 0.05) is 40.0 Å². The van der Waals surface area contributed by atoms with E-state index in [1.807, 2.05) is 0 Å². The molecule has 3 aliphatic rings. The number of amides is 1. The lowest BCUT2D eigenvalue weighted by Crippen LogP contribution is -2.46. The molecule has 31 nitrogen and oxygen atoms in total. The molecular formula is C30H46N12O19P3+. The van der Waals surface area contributed by atoms with Gasteiger partial charge in [-0.25, -0.2) is 23.2 Å². The number of nitrogens with zero attached hydrogens (tertiary/aromatic N) is 7. The van der Waals surface area contributed by atoms with Crippen LogP contribution in [-0.2, 0) is 62.2 Å². The van der Waals surface area contributed by atoms with Crippen LogP contribution in [0, 0.1) is 0 Å². The first-order chi connectivity index (χ1) is 29.9. The second-order valence-corrected chi connectivity index (χ2v) is 19.7. The van der Waals surface area contributed by atoms with Gasteiger partial charge in [-0.15, -0.1) is 0 Å². The monoisotopic (exact) mass is 971 g/mol. The summed E-state index contributed by atoms with van der Waals surface area (Å²) in [5.41, 5.74) is 9.92. The van der Waals surface area contributed by atoms with Gasteiger partial charge in [-0.3, -0.25) is 42.5 Å². The van der Waals surface area contributed by atoms with Crippen LogP contribution in [0.25, 0.3) is 22.3 Å². The van der Waals surface area contributed by atoms with E-state index in [-0.39, 0.29) is 66.1 Å². The highest BCUT2D eigenvalue weighted by atomic mass is 31.3. The minimum Gasteiger partial charge on any atom is -0.387 e. The number of ether oxygens (including phenoxy) is 4. The van der Waals surface area contributed by atoms with Crippen molar-refractivity contribution in [3.8, 4) is 0 Å². The molecule has 12 N–H and O–H groups in total. The SMILES string of the molecule is CN(C)c1nc2c(c(=O)[nH]1)n(C)c[n+]2[C@@H]1O[C@H](COP(=O)(O)OP(=O)(O)OP(=O)(O)OC[C@H]2O[C@@H](n3cnc4c(=O)[nH]c(N)nc43)[C@@H]3O[C@@](C)(CCC(=O)NCCN)O[C@@H]32)[C@@H](O)[C@H]1O. The maximum atomic E-state index is 13.0. The molecule has 7 heterocycles. The van der Waals surface area contributed by atoms with Crippen LogP contribution in [0.1, 0.15) is 32.2 Å². The summed E-state index contributed by atoms with van der Waals surface area (Å²) >= 11 is 0. The van der Waals surface area contributed by atoms with E-state index in [1.165, 1.54) is 45.2 Å². The normalized spacial score (nSPS) is 29.7. The molecule has 0 saturated carbocycles. The zero-order valence-electron chi connectivity index (χ0n) is 34.1. The van der Waals surface area contributed by atoms with Gasteiger partial charge in [0.2, 0.25) is 23.6 Å². The largest absolute Gasteiger partial charge is 0.490 e. The predicted octanol–water partition coefficient (Wildman–Crippen LogP) is -3.43. The molecule has 0 spiro atoms. The van der Waals surface area contributed by atoms with E-state index in [9.17, 15) is 53.0 Å². The van der Waals surface area contributed by atoms with Gasteiger partial charge >= 0.3 is 29.1 Å². The summed E-state index contributed by atoms with van der Waals surface area (Å²) in [4.78, 5) is 87.6. The summed E-state index contributed by atoms with van der Waals surface area (Å²) in [6, 6.07) is 0. The molecular weight excluding hydrogens is 925 g/mol. The third-order valence-corrected chi connectivity index (χ3v) is 14.3. The van der Waals surface area contributed by atoms with Crippen molar-refractivity contribution >= 4 is 63.6 Å². The van der Waals surface area contributed by atoms with E-state index in [2.05, 4.69) is 38.9 Å². The number of fused-ring (bicyclic) bond motifs is 3. The molecule has 0 radical (unpaired) electrons. The summed E-state index contributed by atoms with van der Waals surface area (Å²) in [7, 11) is -12.7. The number of anilines is 2. The Balaban J connectivity index is 0.995. The number of aromatic amines is 2. The average Bonchev–Trinajstić information content (AvgIpc) is 3.99. The highest BCUT2D eigenvalue weighted by Crippen LogP contribution is 2.68. The maximum absolute atomic E-state index is 13.0. The molecule has 3 unspecified atom stereocenters. The molecule has 7 rings (SSSR count). The maximum Gasteiger partial charge on any atom is 0.490 e. The quantitative estimate of drug-likeness (QED) is 0.0343. The number of H-pyrrole nitrogens is 2. The molecule has 4 aromatic rings. The number of nitrogens with two attached hydrogens (primary N) is 2. The Hall–Kier alpha value is -4.10. The first-order valence-electron chi connectivity index (χ1n) is 19.0. The van der Waals surface area contributed by atoms with E-state index in [4.69, 9.17) is 39.5 Å². The summed E-state index contributed by atoms with van der Waals surface area (Å²) < 4.78 is 84.8. The number of aliphatic hydroxyl groups excluding tert-OH is 2. The van der Waals surface area contributed by atoms with Crippen molar-refractivity contribution in [2.24, 2.45) is 12.8 Å². The van der Waals surface area contributed by atoms with E-state index in [0.29, 0.717) is 0 Å². The fourth-order valence-corrected chi connectivity index (χ4v) is 10.7. The van der Waals surface area contributed by atoms with Crippen molar-refractivity contribution in [2.75, 3.05) is 51.0 Å². The molecule has 34 heteroatoms. The van der Waals surface area contributed by atoms with Gasteiger partial charge in [0.1, 0.15) is 36.6 Å². The zero-order valence-corrected chi connectivity index (χ0v) is 36.8. The van der Waals surface area contributed by atoms with Gasteiger partial charge < -0.3 is 65.5 Å². The summed E-state index contributed by atoms with van der Waals surface area (Å²) in [6.45, 7) is -0.0634. The molecule has 0 aliphatic carbocycles. The molecule has 0 aromatic carbocycles. The van der Waals surface area contributed by atoms with Crippen molar-refractivity contribution in [2.45, 2.75) is 74.6 Å². The number of hydrogen-bond donors (Lipinski definition) is 10. The Labute approximate surface area is 359 Å². The number of aliphatic hydroxyl groups is 2. The minimum absolute atomic E-state index is 0.00407. The van der Waals surface area contributed by atoms with Gasteiger partial charge in [0.25, 0.3) is 17.1 Å². The number of aryl methyl sites for hydroxylation is 1. The fourth-order valence-electron chi connectivity index (χ4n) is 7.22. The first-order valence-corrected chi connectivity index (χ1v) is 23.5. The number of nitrogen functional groups attached to an aromatic ring is 1. The highest BCUT2D eigenvalue weighted by molar-refractivity contribution is 7.66. The number of nitrogens with one attached hydrogen (secondary N) is 3. The molecule has 3 saturated heterocycles. The third kappa shape index (κ3) is 10.0. The van der Waals surface area contributed by atoms with Gasteiger partial charge in [0.15, 0.2) is 29.5 Å². The number of aromatic nitrogens is 8. The number of phosphoric acid groups is 3. The molecule has 3 aliphatic heterocycles. The summed E-state index contributed by atoms with van der Waals surface area (Å²) in [6.07, 6.45) is -8.93. The van der Waals surface area contributed by atoms with E-state index in [0.717, 1.165) is 0 Å². The number of carbonyl (C=O) groups is 1. The Kier molecular flexibility index (Phi) is 13.4. The van der Waals surface area contributed by atoms with E-state index < -0.39 is 103 Å². The third-order valence-electron chi connectivity index (χ3n) is 10.1. The fraction of sp³-hybridized carbons (Fsp3) is 0.633. The van der Waals surface area contributed by atoms with Crippen molar-refractivity contribution in [3.05, 3.63) is 33.4 Å². The average molecular weight is 972 g/mol. The van der Waals surface area contributed by atoms with Crippen LogP contribution in [0.3, 0.4) is 0 Å². The molecule has 64 heavy (non-hydrogen) atoms. The Morgan fingerprint density at radius 1 is 0.984 bits per heavy atom. The summed E-state index contributed by atoms with van der Waals surface area (Å²) in [5.74, 6) is -1.94. The van der Waals surface area contributed by atoms with Crippen LogP contribution < -0.4 is 37.4 Å². The highest BCUT2D eigenvalue weighted by Gasteiger charge is 2.58. The first kappa shape index (κ1) is 47.9. The lowest BCUT2D eigenvalue weighted by molar-refractivity contribution is -0.745. The minimum atomic E-state index is -6.03. The molecule has 3 fully saturated rings. The molecule has 4 aromatic heterocycles. The standard InChI is InChI=1S/C30H45N12O19P3/c1-30(6-5-15(43)33-8-7-31)58-20-14(57-27(21(20)59-30)41-11-34-16-22(41)35-28(32)37-24(16)46)10-55-63(50,51)61-64(52,53)60-62(48,49)54-9-13-18(44)19(45)26(56-13)42-12-40(4)17-23(42)36-29(39(2)3)38-25(17)47/h11-14,18-21,26-27,44-45H,5-10,31H2,1-4H3,(H7-,32,33,35,36,37,38,43,46,47,48,49,50,51,52,53)/p+1/t13-,14-,18-,19-,20-,21-,26-,27-,30+/m1/s1. The van der Waals surface area contributed by atoms with Crippen molar-refractivity contribution in [1.29, 1.82) is 0 Å². The molecule has 12 atom stereocenters. The van der Waals surface area contributed by atoms with Gasteiger partial charge in [-0.2, -0.15) is 13.6 Å². The summed E-state index contributed by atoms with van der Waals surface area (Å²) in [5, 5.41) is 24.2. The van der Waals surface area contributed by atoms with Crippen LogP contribution in [0.2, 0.25) is 0 Å². The number of carbonyl (C=O) groups excluding carboxylic acids is 1. The van der Waals surface area contributed by atoms with E-state index in [1.54, 1.807) is 14.1 Å². The topological polar surface area (TPSA) is 429 Å². The Morgan fingerprint density at radius 3 is 2.30 bits per heavy atom. The zero-order chi connectivity index (χ0) is 46.7. The van der Waals surface area contributed by atoms with Crippen molar-refractivity contribution < 1.29 is 84.6 Å². The van der Waals surface area contributed by atoms with Crippen LogP contribution in [-0.4, -0.2) is 148 Å². The Morgan fingerprint density at radius 2 is 1.64 bits per heavy atom. The van der Waals surface area contributed by atoms with Gasteiger partial charge in [-0.1, -0.05) is 4.98 Å². The van der Waals surface area contributed by atoms with Crippen molar-refractivity contribution in [1.82, 2.24) is 39.4 Å². The molecule has 1 amide bonds. The smallest absolute Gasteiger partial charge is 0.387 e. The molecule has 354 valence electrons. The van der Waals surface area contributed by atoms with Crippen LogP contribution in [0.4, 0.5) is 11.9 Å². The van der Waals surface area contributed by atoms with Crippen LogP contribution in [0.5, 0.6) is 0 Å². The Bertz CT molecular complexity index is 2680. The van der Waals surface area contributed by atoms with Crippen molar-refractivity contribution in [3.63, 3.8) is 0 Å². The number of hydrogen-bond acceptors (Lipinski definition) is 22. The second kappa shape index (κ2) is 17.9. The van der Waals surface area contributed by atoms with E-state index >= 15 is 0 Å². The second-order valence-electron chi connectivity index (χ2n) is 15.1. The van der Waals surface area contributed by atoms with Crippen LogP contribution >= 0.6 is 23.5 Å². The lowest BCUT2D eigenvalue weighted by Gasteiger charge is -2.28. The predicted molar refractivity (Wildman–Crippen MR) is 211 cm³/mol. The van der Waals surface area contributed by atoms with Gasteiger partial charge in [0.05, 0.1) is 26.6 Å². The lowest BCUT2D eigenvalue weighted by atomic mass is 10.1. The van der Waals surface area contributed by atoms with Gasteiger partial charge in [-0.05, 0) is 6.92 Å². The number of rotatable bonds is 18. The van der Waals surface area contributed by atoms with Crippen LogP contribution in [0.15, 0.2) is 22.2 Å². The number of phosphoric ester groups is 2. The molecule has 0 bridgehead atoms.